The van der Waals surface area contributed by atoms with Crippen molar-refractivity contribution in [3.05, 3.63) is 83.1 Å². The van der Waals surface area contributed by atoms with Crippen LogP contribution in [-0.4, -0.2) is 0 Å². The monoisotopic (exact) mass is 332 g/mol. The molecule has 25 heavy (non-hydrogen) atoms. The van der Waals surface area contributed by atoms with Crippen molar-refractivity contribution in [3.63, 3.8) is 0 Å². The molecule has 0 aromatic heterocycles. The third kappa shape index (κ3) is 2.61. The molecule has 0 radical (unpaired) electrons. The highest BCUT2D eigenvalue weighted by atomic mass is 16.5. The highest BCUT2D eigenvalue weighted by Gasteiger charge is 2.61. The Morgan fingerprint density at radius 2 is 1.48 bits per heavy atom. The third-order valence-corrected chi connectivity index (χ3v) is 6.90. The number of benzene rings is 2. The molecule has 0 unspecified atom stereocenters. The highest BCUT2D eigenvalue weighted by molar-refractivity contribution is 5.39. The summed E-state index contributed by atoms with van der Waals surface area (Å²) in [6.45, 7) is 7.97. The summed E-state index contributed by atoms with van der Waals surface area (Å²) in [7, 11) is 0. The summed E-state index contributed by atoms with van der Waals surface area (Å²) in [5.74, 6) is 1.92. The maximum absolute atomic E-state index is 6.53. The third-order valence-electron chi connectivity index (χ3n) is 6.90. The van der Waals surface area contributed by atoms with Crippen molar-refractivity contribution in [3.8, 4) is 0 Å². The first-order valence-electron chi connectivity index (χ1n) is 9.46. The number of allylic oxidation sites excluding steroid dienone is 2. The van der Waals surface area contributed by atoms with E-state index in [1.807, 2.05) is 0 Å². The maximum atomic E-state index is 6.53. The SMILES string of the molecule is CC1(C)[C@H]2CC[C@]1(C)C(OCc1ccccc1)=C2Cc1ccccc1. The normalized spacial score (nSPS) is 26.9. The van der Waals surface area contributed by atoms with Gasteiger partial charge in [0.25, 0.3) is 0 Å². The Bertz CT molecular complexity index is 772. The van der Waals surface area contributed by atoms with Gasteiger partial charge in [-0.25, -0.2) is 0 Å². The molecule has 1 fully saturated rings. The van der Waals surface area contributed by atoms with E-state index >= 15 is 0 Å². The molecule has 130 valence electrons. The molecule has 1 nitrogen and oxygen atoms in total. The number of hydrogen-bond donors (Lipinski definition) is 0. The van der Waals surface area contributed by atoms with Crippen LogP contribution in [0.15, 0.2) is 72.0 Å². The largest absolute Gasteiger partial charge is 0.493 e. The van der Waals surface area contributed by atoms with Crippen LogP contribution in [0.2, 0.25) is 0 Å². The molecule has 0 aliphatic heterocycles. The Balaban J connectivity index is 1.67. The second-order valence-electron chi connectivity index (χ2n) is 8.44. The van der Waals surface area contributed by atoms with E-state index in [1.165, 1.54) is 29.7 Å². The lowest BCUT2D eigenvalue weighted by molar-refractivity contribution is 0.0725. The van der Waals surface area contributed by atoms with Crippen molar-refractivity contribution in [2.45, 2.75) is 46.6 Å². The van der Waals surface area contributed by atoms with Crippen molar-refractivity contribution in [1.82, 2.24) is 0 Å². The molecule has 2 aromatic carbocycles. The van der Waals surface area contributed by atoms with E-state index < -0.39 is 0 Å². The van der Waals surface area contributed by atoms with Gasteiger partial charge in [-0.3, -0.25) is 0 Å². The number of rotatable bonds is 5. The Hall–Kier alpha value is -2.02. The summed E-state index contributed by atoms with van der Waals surface area (Å²) in [5.41, 5.74) is 4.63. The van der Waals surface area contributed by atoms with Crippen LogP contribution in [0, 0.1) is 16.7 Å². The molecule has 0 heterocycles. The van der Waals surface area contributed by atoms with E-state index in [-0.39, 0.29) is 10.8 Å². The van der Waals surface area contributed by atoms with Gasteiger partial charge in [-0.15, -0.1) is 0 Å². The van der Waals surface area contributed by atoms with Crippen LogP contribution in [0.4, 0.5) is 0 Å². The zero-order valence-electron chi connectivity index (χ0n) is 15.6. The second-order valence-corrected chi connectivity index (χ2v) is 8.44. The number of hydrogen-bond acceptors (Lipinski definition) is 1. The summed E-state index contributed by atoms with van der Waals surface area (Å²) in [6.07, 6.45) is 3.56. The van der Waals surface area contributed by atoms with Gasteiger partial charge < -0.3 is 4.74 Å². The predicted octanol–water partition coefficient (Wildman–Crippen LogP) is 6.16. The molecule has 0 saturated heterocycles. The van der Waals surface area contributed by atoms with Crippen LogP contribution in [0.3, 0.4) is 0 Å². The minimum atomic E-state index is 0.163. The molecule has 2 aliphatic rings. The molecule has 2 aliphatic carbocycles. The van der Waals surface area contributed by atoms with Crippen molar-refractivity contribution in [2.75, 3.05) is 0 Å². The standard InChI is InChI=1S/C24H28O/c1-23(2)21-14-15-24(23,3)22(25-17-19-12-8-5-9-13-19)20(21)16-18-10-6-4-7-11-18/h4-13,21H,14-17H2,1-3H3/t21-,24+/m0/s1. The fraction of sp³-hybridized carbons (Fsp3) is 0.417. The first-order chi connectivity index (χ1) is 12.0. The maximum Gasteiger partial charge on any atom is 0.113 e. The molecular formula is C24H28O. The number of ether oxygens (including phenoxy) is 1. The summed E-state index contributed by atoms with van der Waals surface area (Å²) in [5, 5.41) is 0. The Morgan fingerprint density at radius 1 is 0.880 bits per heavy atom. The lowest BCUT2D eigenvalue weighted by Crippen LogP contribution is -2.30. The summed E-state index contributed by atoms with van der Waals surface area (Å²) >= 11 is 0. The van der Waals surface area contributed by atoms with Crippen molar-refractivity contribution in [2.24, 2.45) is 16.7 Å². The van der Waals surface area contributed by atoms with Crippen LogP contribution in [0.1, 0.15) is 44.7 Å². The average Bonchev–Trinajstić information content (AvgIpc) is 2.94. The summed E-state index contributed by atoms with van der Waals surface area (Å²) in [6, 6.07) is 21.4. The first kappa shape index (κ1) is 16.4. The molecule has 2 aromatic rings. The highest BCUT2D eigenvalue weighted by Crippen LogP contribution is 2.68. The van der Waals surface area contributed by atoms with Crippen molar-refractivity contribution >= 4 is 0 Å². The zero-order valence-corrected chi connectivity index (χ0v) is 15.6. The second kappa shape index (κ2) is 6.05. The molecule has 0 N–H and O–H groups in total. The Labute approximate surface area is 151 Å². The van der Waals surface area contributed by atoms with Crippen LogP contribution < -0.4 is 0 Å². The van der Waals surface area contributed by atoms with E-state index in [9.17, 15) is 0 Å². The minimum absolute atomic E-state index is 0.163. The summed E-state index contributed by atoms with van der Waals surface area (Å²) in [4.78, 5) is 0. The van der Waals surface area contributed by atoms with Gasteiger partial charge in [0, 0.05) is 5.41 Å². The molecule has 4 rings (SSSR count). The molecule has 2 bridgehead atoms. The van der Waals surface area contributed by atoms with Gasteiger partial charge in [0.2, 0.25) is 0 Å². The Kier molecular flexibility index (Phi) is 3.98. The first-order valence-corrected chi connectivity index (χ1v) is 9.46. The quantitative estimate of drug-likeness (QED) is 0.637. The lowest BCUT2D eigenvalue weighted by atomic mass is 9.69. The zero-order chi connectivity index (χ0) is 17.5. The van der Waals surface area contributed by atoms with E-state index in [1.54, 1.807) is 5.57 Å². The lowest BCUT2D eigenvalue weighted by Gasteiger charge is -2.36. The van der Waals surface area contributed by atoms with Crippen LogP contribution >= 0.6 is 0 Å². The average molecular weight is 332 g/mol. The molecule has 1 saturated carbocycles. The fourth-order valence-corrected chi connectivity index (χ4v) is 5.03. The minimum Gasteiger partial charge on any atom is -0.493 e. The van der Waals surface area contributed by atoms with Gasteiger partial charge >= 0.3 is 0 Å². The molecule has 2 atom stereocenters. The molecule has 1 heteroatoms. The Morgan fingerprint density at radius 3 is 2.12 bits per heavy atom. The van der Waals surface area contributed by atoms with Crippen LogP contribution in [0.5, 0.6) is 0 Å². The predicted molar refractivity (Wildman–Crippen MR) is 103 cm³/mol. The molecular weight excluding hydrogens is 304 g/mol. The van der Waals surface area contributed by atoms with Gasteiger partial charge in [-0.1, -0.05) is 81.4 Å². The van der Waals surface area contributed by atoms with Crippen molar-refractivity contribution in [1.29, 1.82) is 0 Å². The van der Waals surface area contributed by atoms with Gasteiger partial charge in [0.05, 0.1) is 0 Å². The van der Waals surface area contributed by atoms with Gasteiger partial charge in [-0.05, 0) is 47.3 Å². The number of fused-ring (bicyclic) bond motifs is 2. The van der Waals surface area contributed by atoms with Gasteiger partial charge in [0.15, 0.2) is 0 Å². The van der Waals surface area contributed by atoms with E-state index in [0.29, 0.717) is 12.5 Å². The van der Waals surface area contributed by atoms with E-state index in [2.05, 4.69) is 81.4 Å². The smallest absolute Gasteiger partial charge is 0.113 e. The topological polar surface area (TPSA) is 9.23 Å². The van der Waals surface area contributed by atoms with E-state index in [0.717, 1.165) is 6.42 Å². The molecule has 0 amide bonds. The fourth-order valence-electron chi connectivity index (χ4n) is 5.03. The van der Waals surface area contributed by atoms with Crippen molar-refractivity contribution < 1.29 is 4.74 Å². The summed E-state index contributed by atoms with van der Waals surface area (Å²) < 4.78 is 6.53. The van der Waals surface area contributed by atoms with Crippen LogP contribution in [0.25, 0.3) is 0 Å². The molecule has 0 spiro atoms. The van der Waals surface area contributed by atoms with Gasteiger partial charge in [0.1, 0.15) is 12.4 Å². The van der Waals surface area contributed by atoms with Crippen LogP contribution in [-0.2, 0) is 17.8 Å². The van der Waals surface area contributed by atoms with Gasteiger partial charge in [-0.2, -0.15) is 0 Å². The van der Waals surface area contributed by atoms with E-state index in [4.69, 9.17) is 4.74 Å².